The van der Waals surface area contributed by atoms with Gasteiger partial charge in [-0.05, 0) is 33.0 Å². The highest BCUT2D eigenvalue weighted by molar-refractivity contribution is 9.10. The molecule has 0 amide bonds. The smallest absolute Gasteiger partial charge is 0.104 e. The van der Waals surface area contributed by atoms with E-state index in [-0.39, 0.29) is 0 Å². The van der Waals surface area contributed by atoms with Crippen LogP contribution in [0.5, 0.6) is 0 Å². The quantitative estimate of drug-likeness (QED) is 0.852. The van der Waals surface area contributed by atoms with E-state index in [0.29, 0.717) is 5.92 Å². The number of hydrogen-bond donors (Lipinski definition) is 1. The second-order valence-electron chi connectivity index (χ2n) is 3.47. The fourth-order valence-corrected chi connectivity index (χ4v) is 4.82. The predicted octanol–water partition coefficient (Wildman–Crippen LogP) is 3.08. The summed E-state index contributed by atoms with van der Waals surface area (Å²) in [5.41, 5.74) is 0.457. The van der Waals surface area contributed by atoms with Crippen LogP contribution >= 0.6 is 39.0 Å². The molecule has 2 rings (SSSR count). The number of rotatable bonds is 1. The molecule has 0 aromatic carbocycles. The predicted molar refractivity (Wildman–Crippen MR) is 62.4 cm³/mol. The largest absolute Gasteiger partial charge is 0.384 e. The summed E-state index contributed by atoms with van der Waals surface area (Å²) in [7, 11) is 0. The van der Waals surface area contributed by atoms with E-state index in [1.54, 1.807) is 11.3 Å². The van der Waals surface area contributed by atoms with Gasteiger partial charge in [-0.3, -0.25) is 0 Å². The van der Waals surface area contributed by atoms with Gasteiger partial charge in [0.2, 0.25) is 0 Å². The van der Waals surface area contributed by atoms with E-state index in [1.807, 2.05) is 22.5 Å². The van der Waals surface area contributed by atoms with Crippen LogP contribution in [0.4, 0.5) is 0 Å². The molecule has 0 radical (unpaired) electrons. The molecule has 1 fully saturated rings. The van der Waals surface area contributed by atoms with E-state index in [2.05, 4.69) is 22.9 Å². The van der Waals surface area contributed by atoms with Gasteiger partial charge in [0.1, 0.15) is 5.60 Å². The average Bonchev–Trinajstić information content (AvgIpc) is 2.62. The lowest BCUT2D eigenvalue weighted by molar-refractivity contribution is 0.0232. The molecule has 0 saturated carbocycles. The van der Waals surface area contributed by atoms with Gasteiger partial charge in [0.25, 0.3) is 0 Å². The minimum atomic E-state index is -0.608. The number of thiophene rings is 1. The molecule has 1 nitrogen and oxygen atoms in total. The lowest BCUT2D eigenvalue weighted by Crippen LogP contribution is -2.32. The zero-order chi connectivity index (χ0) is 9.47. The number of hydrogen-bond acceptors (Lipinski definition) is 3. The van der Waals surface area contributed by atoms with Crippen molar-refractivity contribution in [3.8, 4) is 0 Å². The summed E-state index contributed by atoms with van der Waals surface area (Å²) in [6.45, 7) is 2.12. The molecule has 1 saturated heterocycles. The van der Waals surface area contributed by atoms with E-state index < -0.39 is 5.60 Å². The Kier molecular flexibility index (Phi) is 2.75. The van der Waals surface area contributed by atoms with E-state index in [9.17, 15) is 5.11 Å². The van der Waals surface area contributed by atoms with Gasteiger partial charge in [-0.1, -0.05) is 6.92 Å². The molecule has 1 aromatic heterocycles. The Morgan fingerprint density at radius 3 is 2.85 bits per heavy atom. The van der Waals surface area contributed by atoms with Gasteiger partial charge in [-0.15, -0.1) is 0 Å². The van der Waals surface area contributed by atoms with Crippen LogP contribution < -0.4 is 0 Å². The highest BCUT2D eigenvalue weighted by Crippen LogP contribution is 2.44. The molecule has 4 heteroatoms. The van der Waals surface area contributed by atoms with Crippen LogP contribution in [0.3, 0.4) is 0 Å². The van der Waals surface area contributed by atoms with E-state index in [0.717, 1.165) is 21.5 Å². The summed E-state index contributed by atoms with van der Waals surface area (Å²) >= 11 is 6.95. The Balaban J connectivity index is 2.39. The van der Waals surface area contributed by atoms with Gasteiger partial charge in [0, 0.05) is 21.2 Å². The third-order valence-electron chi connectivity index (χ3n) is 2.59. The van der Waals surface area contributed by atoms with Crippen LogP contribution in [0.2, 0.25) is 0 Å². The van der Waals surface area contributed by atoms with Gasteiger partial charge in [-0.25, -0.2) is 0 Å². The zero-order valence-electron chi connectivity index (χ0n) is 7.29. The van der Waals surface area contributed by atoms with Crippen LogP contribution in [0.25, 0.3) is 0 Å². The minimum Gasteiger partial charge on any atom is -0.384 e. The highest BCUT2D eigenvalue weighted by atomic mass is 79.9. The van der Waals surface area contributed by atoms with E-state index >= 15 is 0 Å². The number of aliphatic hydroxyl groups is 1. The summed E-state index contributed by atoms with van der Waals surface area (Å²) in [5.74, 6) is 2.23. The third-order valence-corrected chi connectivity index (χ3v) is 5.67. The average molecular weight is 279 g/mol. The van der Waals surface area contributed by atoms with Crippen molar-refractivity contribution >= 4 is 39.0 Å². The summed E-state index contributed by atoms with van der Waals surface area (Å²) < 4.78 is 1.05. The molecular weight excluding hydrogens is 268 g/mol. The first-order valence-electron chi connectivity index (χ1n) is 4.17. The van der Waals surface area contributed by atoms with Crippen molar-refractivity contribution in [2.24, 2.45) is 5.92 Å². The molecule has 1 aromatic rings. The van der Waals surface area contributed by atoms with Crippen molar-refractivity contribution in [3.05, 3.63) is 20.8 Å². The van der Waals surface area contributed by atoms with Crippen LogP contribution in [0, 0.1) is 5.92 Å². The first-order valence-corrected chi connectivity index (χ1v) is 7.06. The third kappa shape index (κ3) is 1.58. The van der Waals surface area contributed by atoms with Crippen LogP contribution in [-0.4, -0.2) is 16.6 Å². The summed E-state index contributed by atoms with van der Waals surface area (Å²) in [5, 5.41) is 14.5. The molecule has 13 heavy (non-hydrogen) atoms. The monoisotopic (exact) mass is 278 g/mol. The molecule has 1 aliphatic rings. The normalized spacial score (nSPS) is 33.9. The molecular formula is C9H11BrOS2. The molecule has 2 heterocycles. The lowest BCUT2D eigenvalue weighted by Gasteiger charge is -2.26. The Morgan fingerprint density at radius 1 is 1.62 bits per heavy atom. The molecule has 1 aliphatic heterocycles. The van der Waals surface area contributed by atoms with Gasteiger partial charge in [0.15, 0.2) is 0 Å². The van der Waals surface area contributed by atoms with Crippen LogP contribution in [0.15, 0.2) is 15.2 Å². The van der Waals surface area contributed by atoms with Crippen LogP contribution in [-0.2, 0) is 5.60 Å². The van der Waals surface area contributed by atoms with Crippen molar-refractivity contribution < 1.29 is 5.11 Å². The maximum Gasteiger partial charge on any atom is 0.104 e. The molecule has 2 atom stereocenters. The second kappa shape index (κ2) is 3.57. The number of halogens is 1. The van der Waals surface area contributed by atoms with Crippen molar-refractivity contribution in [2.75, 3.05) is 11.5 Å². The Labute approximate surface area is 94.7 Å². The number of thioether (sulfide) groups is 1. The van der Waals surface area contributed by atoms with Gasteiger partial charge in [-0.2, -0.15) is 23.1 Å². The summed E-state index contributed by atoms with van der Waals surface area (Å²) in [4.78, 5) is 0. The Hall–Kier alpha value is 0.490. The summed E-state index contributed by atoms with van der Waals surface area (Å²) in [6.07, 6.45) is 0. The molecule has 72 valence electrons. The highest BCUT2D eigenvalue weighted by Gasteiger charge is 2.41. The summed E-state index contributed by atoms with van der Waals surface area (Å²) in [6, 6.07) is 0. The van der Waals surface area contributed by atoms with Gasteiger partial charge >= 0.3 is 0 Å². The maximum absolute atomic E-state index is 10.5. The lowest BCUT2D eigenvalue weighted by atomic mass is 9.87. The van der Waals surface area contributed by atoms with Crippen molar-refractivity contribution in [3.63, 3.8) is 0 Å². The Bertz CT molecular complexity index is 312. The van der Waals surface area contributed by atoms with Crippen LogP contribution in [0.1, 0.15) is 12.5 Å². The first kappa shape index (κ1) is 10.0. The molecule has 0 bridgehead atoms. The second-order valence-corrected chi connectivity index (χ2v) is 6.10. The SMILES string of the molecule is CC1CSCC1(O)c1cscc1Br. The molecule has 0 spiro atoms. The molecule has 1 N–H and O–H groups in total. The van der Waals surface area contributed by atoms with Gasteiger partial charge in [0.05, 0.1) is 0 Å². The fraction of sp³-hybridized carbons (Fsp3) is 0.556. The Morgan fingerprint density at radius 2 is 2.38 bits per heavy atom. The van der Waals surface area contributed by atoms with Crippen molar-refractivity contribution in [1.82, 2.24) is 0 Å². The first-order chi connectivity index (χ1) is 6.14. The van der Waals surface area contributed by atoms with E-state index in [1.165, 1.54) is 0 Å². The van der Waals surface area contributed by atoms with E-state index in [4.69, 9.17) is 0 Å². The van der Waals surface area contributed by atoms with Crippen molar-refractivity contribution in [1.29, 1.82) is 0 Å². The maximum atomic E-state index is 10.5. The standard InChI is InChI=1S/C9H11BrOS2/c1-6-2-13-5-9(6,11)7-3-12-4-8(7)10/h3-4,6,11H,2,5H2,1H3. The molecule has 2 unspecified atom stereocenters. The fourth-order valence-electron chi connectivity index (χ4n) is 1.61. The molecule has 0 aliphatic carbocycles. The zero-order valence-corrected chi connectivity index (χ0v) is 10.5. The van der Waals surface area contributed by atoms with Crippen molar-refractivity contribution in [2.45, 2.75) is 12.5 Å². The topological polar surface area (TPSA) is 20.2 Å². The van der Waals surface area contributed by atoms with Gasteiger partial charge < -0.3 is 5.11 Å². The minimum absolute atomic E-state index is 0.350.